The smallest absolute Gasteiger partial charge is 0.253 e. The van der Waals surface area contributed by atoms with Crippen molar-refractivity contribution in [3.05, 3.63) is 65.2 Å². The molecule has 2 aromatic carbocycles. The maximum Gasteiger partial charge on any atom is 0.253 e. The number of nitrogens with zero attached hydrogens (tertiary/aromatic N) is 3. The Kier molecular flexibility index (Phi) is 11.3. The molecule has 0 atom stereocenters. The predicted octanol–water partition coefficient (Wildman–Crippen LogP) is 3.82. The predicted molar refractivity (Wildman–Crippen MR) is 149 cm³/mol. The summed E-state index contributed by atoms with van der Waals surface area (Å²) in [6.07, 6.45) is 3.48. The number of halogens is 1. The van der Waals surface area contributed by atoms with E-state index in [1.165, 1.54) is 0 Å². The van der Waals surface area contributed by atoms with E-state index in [0.29, 0.717) is 25.1 Å². The van der Waals surface area contributed by atoms with Crippen LogP contribution in [-0.2, 0) is 17.8 Å². The van der Waals surface area contributed by atoms with E-state index in [4.69, 9.17) is 4.99 Å². The molecule has 2 aromatic rings. The van der Waals surface area contributed by atoms with Gasteiger partial charge in [-0.1, -0.05) is 24.3 Å². The molecule has 0 saturated carbocycles. The molecule has 8 heteroatoms. The molecule has 1 fully saturated rings. The van der Waals surface area contributed by atoms with E-state index < -0.39 is 0 Å². The monoisotopic (exact) mass is 577 g/mol. The van der Waals surface area contributed by atoms with Crippen molar-refractivity contribution in [2.24, 2.45) is 4.99 Å². The number of anilines is 1. The van der Waals surface area contributed by atoms with Crippen molar-refractivity contribution in [2.45, 2.75) is 39.2 Å². The highest BCUT2D eigenvalue weighted by Gasteiger charge is 2.19. The average Bonchev–Trinajstić information content (AvgIpc) is 2.83. The van der Waals surface area contributed by atoms with Crippen LogP contribution < -0.4 is 15.5 Å². The number of amides is 2. The molecule has 7 nitrogen and oxygen atoms in total. The van der Waals surface area contributed by atoms with Gasteiger partial charge in [-0.2, -0.15) is 0 Å². The topological polar surface area (TPSA) is 77.0 Å². The molecule has 1 saturated heterocycles. The average molecular weight is 578 g/mol. The Balaban J connectivity index is 0.00000408. The Hall–Kier alpha value is -2.62. The van der Waals surface area contributed by atoms with Crippen LogP contribution in [0.15, 0.2) is 53.5 Å². The molecule has 1 aliphatic rings. The molecular weight excluding hydrogens is 541 g/mol. The van der Waals surface area contributed by atoms with Crippen LogP contribution in [0.4, 0.5) is 5.69 Å². The molecular formula is C26H36IN5O2. The lowest BCUT2D eigenvalue weighted by molar-refractivity contribution is -0.119. The van der Waals surface area contributed by atoms with Crippen LogP contribution in [0.1, 0.15) is 47.7 Å². The summed E-state index contributed by atoms with van der Waals surface area (Å²) in [5, 5.41) is 6.65. The van der Waals surface area contributed by atoms with E-state index in [1.54, 1.807) is 19.0 Å². The van der Waals surface area contributed by atoms with Gasteiger partial charge in [0, 0.05) is 51.4 Å². The zero-order valence-electron chi connectivity index (χ0n) is 20.3. The SMILES string of the molecule is CCNC(=NCc1ccc(N2CCCCC2=O)cc1)NCCc1cccc(C(=O)N(C)C)c1.I. The number of piperidine rings is 1. The Morgan fingerprint density at radius 1 is 1.06 bits per heavy atom. The summed E-state index contributed by atoms with van der Waals surface area (Å²) in [4.78, 5) is 32.5. The Morgan fingerprint density at radius 2 is 1.82 bits per heavy atom. The number of guanidine groups is 1. The van der Waals surface area contributed by atoms with Crippen LogP contribution in [0.5, 0.6) is 0 Å². The Bertz CT molecular complexity index is 975. The highest BCUT2D eigenvalue weighted by atomic mass is 127. The largest absolute Gasteiger partial charge is 0.357 e. The normalized spacial score (nSPS) is 13.8. The van der Waals surface area contributed by atoms with E-state index in [0.717, 1.165) is 55.1 Å². The highest BCUT2D eigenvalue weighted by molar-refractivity contribution is 14.0. The number of carbonyl (C=O) groups is 2. The van der Waals surface area contributed by atoms with Crippen molar-refractivity contribution in [3.63, 3.8) is 0 Å². The number of nitrogens with one attached hydrogen (secondary N) is 2. The number of carbonyl (C=O) groups excluding carboxylic acids is 2. The first-order valence-corrected chi connectivity index (χ1v) is 11.7. The van der Waals surface area contributed by atoms with Crippen LogP contribution in [0.2, 0.25) is 0 Å². The third kappa shape index (κ3) is 8.00. The molecule has 2 N–H and O–H groups in total. The van der Waals surface area contributed by atoms with Gasteiger partial charge in [0.05, 0.1) is 6.54 Å². The second-order valence-electron chi connectivity index (χ2n) is 8.44. The van der Waals surface area contributed by atoms with Gasteiger partial charge in [0.25, 0.3) is 5.91 Å². The second kappa shape index (κ2) is 13.9. The van der Waals surface area contributed by atoms with Crippen molar-refractivity contribution >= 4 is 47.4 Å². The van der Waals surface area contributed by atoms with Gasteiger partial charge in [-0.15, -0.1) is 24.0 Å². The van der Waals surface area contributed by atoms with Gasteiger partial charge in [-0.05, 0) is 61.6 Å². The lowest BCUT2D eigenvalue weighted by Crippen LogP contribution is -2.38. The fraction of sp³-hybridized carbons (Fsp3) is 0.423. The number of benzene rings is 2. The fourth-order valence-corrected chi connectivity index (χ4v) is 3.82. The van der Waals surface area contributed by atoms with Gasteiger partial charge in [0.1, 0.15) is 0 Å². The number of aliphatic imine (C=N–C) groups is 1. The van der Waals surface area contributed by atoms with Gasteiger partial charge in [0.2, 0.25) is 5.91 Å². The molecule has 0 bridgehead atoms. The van der Waals surface area contributed by atoms with Crippen LogP contribution in [0.25, 0.3) is 0 Å². The summed E-state index contributed by atoms with van der Waals surface area (Å²) < 4.78 is 0. The second-order valence-corrected chi connectivity index (χ2v) is 8.44. The Morgan fingerprint density at radius 3 is 2.50 bits per heavy atom. The zero-order valence-corrected chi connectivity index (χ0v) is 22.7. The molecule has 184 valence electrons. The van der Waals surface area contributed by atoms with Crippen LogP contribution >= 0.6 is 24.0 Å². The lowest BCUT2D eigenvalue weighted by atomic mass is 10.1. The van der Waals surface area contributed by atoms with Gasteiger partial charge in [-0.25, -0.2) is 4.99 Å². The third-order valence-electron chi connectivity index (χ3n) is 5.62. The minimum Gasteiger partial charge on any atom is -0.357 e. The third-order valence-corrected chi connectivity index (χ3v) is 5.62. The first-order valence-electron chi connectivity index (χ1n) is 11.7. The first-order chi connectivity index (χ1) is 16.0. The summed E-state index contributed by atoms with van der Waals surface area (Å²) in [5.41, 5.74) is 3.87. The molecule has 3 rings (SSSR count). The van der Waals surface area contributed by atoms with Gasteiger partial charge < -0.3 is 20.4 Å². The van der Waals surface area contributed by atoms with Gasteiger partial charge in [0.15, 0.2) is 5.96 Å². The van der Waals surface area contributed by atoms with Crippen LogP contribution in [0, 0.1) is 0 Å². The summed E-state index contributed by atoms with van der Waals surface area (Å²) in [7, 11) is 3.52. The summed E-state index contributed by atoms with van der Waals surface area (Å²) in [6, 6.07) is 15.8. The maximum atomic E-state index is 12.2. The zero-order chi connectivity index (χ0) is 23.6. The molecule has 0 unspecified atom stereocenters. The molecule has 0 aliphatic carbocycles. The lowest BCUT2D eigenvalue weighted by Gasteiger charge is -2.26. The molecule has 2 amide bonds. The fourth-order valence-electron chi connectivity index (χ4n) is 3.82. The minimum atomic E-state index is 0. The van der Waals surface area contributed by atoms with Crippen molar-refractivity contribution in [3.8, 4) is 0 Å². The standard InChI is InChI=1S/C26H35N5O2.HI/c1-4-27-26(28-16-15-20-8-7-9-22(18-20)25(33)30(2)3)29-19-21-11-13-23(14-12-21)31-17-6-5-10-24(31)32;/h7-9,11-14,18H,4-6,10,15-17,19H2,1-3H3,(H2,27,28,29);1H. The van der Waals surface area contributed by atoms with Crippen molar-refractivity contribution in [1.29, 1.82) is 0 Å². The van der Waals surface area contributed by atoms with Crippen LogP contribution in [-0.4, -0.2) is 56.4 Å². The number of rotatable bonds is 8. The first kappa shape index (κ1) is 27.6. The molecule has 34 heavy (non-hydrogen) atoms. The molecule has 1 heterocycles. The minimum absolute atomic E-state index is 0. The summed E-state index contributed by atoms with van der Waals surface area (Å²) in [6.45, 7) is 4.88. The highest BCUT2D eigenvalue weighted by Crippen LogP contribution is 2.21. The summed E-state index contributed by atoms with van der Waals surface area (Å²) in [5.74, 6) is 0.978. The van der Waals surface area contributed by atoms with E-state index in [2.05, 4.69) is 10.6 Å². The number of hydrogen-bond donors (Lipinski definition) is 2. The van der Waals surface area contributed by atoms with E-state index in [9.17, 15) is 9.59 Å². The van der Waals surface area contributed by atoms with Crippen molar-refractivity contribution in [2.75, 3.05) is 38.6 Å². The number of hydrogen-bond acceptors (Lipinski definition) is 3. The molecule has 0 radical (unpaired) electrons. The van der Waals surface area contributed by atoms with Crippen LogP contribution in [0.3, 0.4) is 0 Å². The summed E-state index contributed by atoms with van der Waals surface area (Å²) >= 11 is 0. The van der Waals surface area contributed by atoms with Crippen molar-refractivity contribution in [1.82, 2.24) is 15.5 Å². The van der Waals surface area contributed by atoms with E-state index in [-0.39, 0.29) is 35.8 Å². The van der Waals surface area contributed by atoms with Crippen molar-refractivity contribution < 1.29 is 9.59 Å². The Labute approximate surface area is 220 Å². The van der Waals surface area contributed by atoms with E-state index in [1.807, 2.05) is 60.4 Å². The van der Waals surface area contributed by atoms with Gasteiger partial charge in [-0.3, -0.25) is 9.59 Å². The maximum absolute atomic E-state index is 12.2. The molecule has 1 aliphatic heterocycles. The molecule has 0 aromatic heterocycles. The quantitative estimate of drug-likeness (QED) is 0.284. The van der Waals surface area contributed by atoms with E-state index >= 15 is 0 Å². The van der Waals surface area contributed by atoms with Gasteiger partial charge >= 0.3 is 0 Å². The molecule has 0 spiro atoms.